The highest BCUT2D eigenvalue weighted by atomic mass is 19.1. The van der Waals surface area contributed by atoms with Crippen LogP contribution in [0.1, 0.15) is 19.3 Å². The Morgan fingerprint density at radius 2 is 1.76 bits per heavy atom. The van der Waals surface area contributed by atoms with Crippen LogP contribution in [0.15, 0.2) is 48.5 Å². The molecule has 0 radical (unpaired) electrons. The first-order chi connectivity index (χ1) is 12.1. The highest BCUT2D eigenvalue weighted by molar-refractivity contribution is 5.95. The summed E-state index contributed by atoms with van der Waals surface area (Å²) in [7, 11) is 0. The molecular weight excluding hydrogens is 323 g/mol. The molecule has 2 N–H and O–H groups in total. The van der Waals surface area contributed by atoms with Gasteiger partial charge in [-0.2, -0.15) is 0 Å². The van der Waals surface area contributed by atoms with E-state index in [0.717, 1.165) is 12.8 Å². The molecule has 0 saturated heterocycles. The Bertz CT molecular complexity index is 775. The van der Waals surface area contributed by atoms with Gasteiger partial charge in [-0.05, 0) is 43.2 Å². The molecule has 0 aliphatic heterocycles. The molecular formula is C19H19FN2O3. The van der Waals surface area contributed by atoms with E-state index in [0.29, 0.717) is 11.4 Å². The van der Waals surface area contributed by atoms with Crippen LogP contribution in [0.5, 0.6) is 5.75 Å². The molecule has 1 aliphatic carbocycles. The van der Waals surface area contributed by atoms with Crippen LogP contribution in [0.2, 0.25) is 0 Å². The van der Waals surface area contributed by atoms with Crippen molar-refractivity contribution in [3.63, 3.8) is 0 Å². The van der Waals surface area contributed by atoms with Gasteiger partial charge in [-0.3, -0.25) is 9.59 Å². The number of amides is 2. The minimum absolute atomic E-state index is 0.0155. The van der Waals surface area contributed by atoms with E-state index in [2.05, 4.69) is 10.6 Å². The predicted octanol–water partition coefficient (Wildman–Crippen LogP) is 3.58. The maximum Gasteiger partial charge on any atom is 0.227 e. The van der Waals surface area contributed by atoms with Gasteiger partial charge in [0.15, 0.2) is 11.6 Å². The Hall–Kier alpha value is -2.89. The van der Waals surface area contributed by atoms with E-state index in [1.165, 1.54) is 12.1 Å². The van der Waals surface area contributed by atoms with Gasteiger partial charge < -0.3 is 15.4 Å². The maximum absolute atomic E-state index is 13.4. The van der Waals surface area contributed by atoms with Crippen molar-refractivity contribution in [3.8, 4) is 5.75 Å². The minimum Gasteiger partial charge on any atom is -0.490 e. The van der Waals surface area contributed by atoms with Gasteiger partial charge in [-0.15, -0.1) is 0 Å². The van der Waals surface area contributed by atoms with Crippen molar-refractivity contribution < 1.29 is 18.7 Å². The second kappa shape index (κ2) is 7.79. The van der Waals surface area contributed by atoms with Crippen molar-refractivity contribution in [2.45, 2.75) is 19.3 Å². The van der Waals surface area contributed by atoms with Crippen molar-refractivity contribution >= 4 is 23.2 Å². The van der Waals surface area contributed by atoms with E-state index >= 15 is 0 Å². The van der Waals surface area contributed by atoms with Crippen LogP contribution >= 0.6 is 0 Å². The number of nitrogens with one attached hydrogen (secondary N) is 2. The fraction of sp³-hybridized carbons (Fsp3) is 0.263. The number of para-hydroxylation sites is 1. The Kier molecular flexibility index (Phi) is 5.28. The molecule has 3 rings (SSSR count). The van der Waals surface area contributed by atoms with Gasteiger partial charge in [0, 0.05) is 17.3 Å². The molecule has 6 heteroatoms. The predicted molar refractivity (Wildman–Crippen MR) is 92.9 cm³/mol. The lowest BCUT2D eigenvalue weighted by Gasteiger charge is -2.09. The first-order valence-corrected chi connectivity index (χ1v) is 8.20. The second-order valence-electron chi connectivity index (χ2n) is 5.92. The van der Waals surface area contributed by atoms with Crippen LogP contribution in [0.4, 0.5) is 15.8 Å². The normalized spacial score (nSPS) is 13.2. The first-order valence-electron chi connectivity index (χ1n) is 8.20. The lowest BCUT2D eigenvalue weighted by atomic mass is 10.2. The molecule has 0 aromatic heterocycles. The third-order valence-corrected chi connectivity index (χ3v) is 3.79. The lowest BCUT2D eigenvalue weighted by Crippen LogP contribution is -2.16. The van der Waals surface area contributed by atoms with Crippen molar-refractivity contribution in [2.75, 3.05) is 17.2 Å². The standard InChI is InChI=1S/C19H19FN2O3/c20-16-6-1-2-7-17(16)25-11-10-18(23)21-14-4-3-5-15(12-14)22-19(24)13-8-9-13/h1-7,12-13H,8-11H2,(H,21,23)(H,22,24). The third-order valence-electron chi connectivity index (χ3n) is 3.79. The van der Waals surface area contributed by atoms with Crippen LogP contribution in [0.3, 0.4) is 0 Å². The largest absolute Gasteiger partial charge is 0.490 e. The van der Waals surface area contributed by atoms with Gasteiger partial charge in [0.25, 0.3) is 0 Å². The molecule has 5 nitrogen and oxygen atoms in total. The lowest BCUT2D eigenvalue weighted by molar-refractivity contribution is -0.117. The number of halogens is 1. The highest BCUT2D eigenvalue weighted by Gasteiger charge is 2.29. The molecule has 2 aromatic carbocycles. The molecule has 0 unspecified atom stereocenters. The van der Waals surface area contributed by atoms with E-state index in [4.69, 9.17) is 4.74 Å². The van der Waals surface area contributed by atoms with Crippen molar-refractivity contribution in [2.24, 2.45) is 5.92 Å². The van der Waals surface area contributed by atoms with Gasteiger partial charge in [-0.25, -0.2) is 4.39 Å². The van der Waals surface area contributed by atoms with Crippen LogP contribution < -0.4 is 15.4 Å². The zero-order chi connectivity index (χ0) is 17.6. The summed E-state index contributed by atoms with van der Waals surface area (Å²) < 4.78 is 18.7. The van der Waals surface area contributed by atoms with E-state index in [9.17, 15) is 14.0 Å². The van der Waals surface area contributed by atoms with Crippen molar-refractivity contribution in [3.05, 3.63) is 54.3 Å². The van der Waals surface area contributed by atoms with Crippen molar-refractivity contribution in [1.29, 1.82) is 0 Å². The zero-order valence-electron chi connectivity index (χ0n) is 13.6. The Morgan fingerprint density at radius 1 is 1.04 bits per heavy atom. The second-order valence-corrected chi connectivity index (χ2v) is 5.92. The summed E-state index contributed by atoms with van der Waals surface area (Å²) in [5.41, 5.74) is 1.24. The summed E-state index contributed by atoms with van der Waals surface area (Å²) in [6, 6.07) is 13.0. The monoisotopic (exact) mass is 342 g/mol. The molecule has 0 heterocycles. The summed E-state index contributed by atoms with van der Waals surface area (Å²) >= 11 is 0. The number of hydrogen-bond acceptors (Lipinski definition) is 3. The molecule has 2 amide bonds. The van der Waals surface area contributed by atoms with Gasteiger partial charge in [0.2, 0.25) is 11.8 Å². The number of ether oxygens (including phenoxy) is 1. The summed E-state index contributed by atoms with van der Waals surface area (Å²) in [5, 5.41) is 5.57. The molecule has 1 aliphatic rings. The molecule has 0 spiro atoms. The molecule has 130 valence electrons. The summed E-state index contributed by atoms with van der Waals surface area (Å²) in [4.78, 5) is 23.7. The summed E-state index contributed by atoms with van der Waals surface area (Å²) in [5.74, 6) is -0.445. The van der Waals surface area contributed by atoms with E-state index in [1.54, 1.807) is 36.4 Å². The summed E-state index contributed by atoms with van der Waals surface area (Å²) in [6.45, 7) is 0.0743. The fourth-order valence-corrected chi connectivity index (χ4v) is 2.30. The average molecular weight is 342 g/mol. The Balaban J connectivity index is 1.47. The zero-order valence-corrected chi connectivity index (χ0v) is 13.6. The number of hydrogen-bond donors (Lipinski definition) is 2. The molecule has 1 fully saturated rings. The third kappa shape index (κ3) is 5.04. The van der Waals surface area contributed by atoms with Gasteiger partial charge >= 0.3 is 0 Å². The summed E-state index contributed by atoms with van der Waals surface area (Å²) in [6.07, 6.45) is 1.96. The van der Waals surface area contributed by atoms with Gasteiger partial charge in [-0.1, -0.05) is 18.2 Å². The molecule has 2 aromatic rings. The highest BCUT2D eigenvalue weighted by Crippen LogP contribution is 2.30. The topological polar surface area (TPSA) is 67.4 Å². The molecule has 25 heavy (non-hydrogen) atoms. The Morgan fingerprint density at radius 3 is 2.48 bits per heavy atom. The van der Waals surface area contributed by atoms with E-state index in [1.807, 2.05) is 0 Å². The average Bonchev–Trinajstić information content (AvgIpc) is 3.42. The minimum atomic E-state index is -0.456. The van der Waals surface area contributed by atoms with Crippen LogP contribution in [-0.2, 0) is 9.59 Å². The number of carbonyl (C=O) groups excluding carboxylic acids is 2. The number of anilines is 2. The van der Waals surface area contributed by atoms with Gasteiger partial charge in [0.05, 0.1) is 13.0 Å². The molecule has 0 atom stereocenters. The quantitative estimate of drug-likeness (QED) is 0.808. The van der Waals surface area contributed by atoms with E-state index < -0.39 is 5.82 Å². The Labute approximate surface area is 145 Å². The number of carbonyl (C=O) groups is 2. The first kappa shape index (κ1) is 17.0. The number of rotatable bonds is 7. The fourth-order valence-electron chi connectivity index (χ4n) is 2.30. The smallest absolute Gasteiger partial charge is 0.227 e. The van der Waals surface area contributed by atoms with E-state index in [-0.39, 0.29) is 36.5 Å². The van der Waals surface area contributed by atoms with Gasteiger partial charge in [0.1, 0.15) is 0 Å². The SMILES string of the molecule is O=C(CCOc1ccccc1F)Nc1cccc(NC(=O)C2CC2)c1. The number of benzene rings is 2. The maximum atomic E-state index is 13.4. The van der Waals surface area contributed by atoms with Crippen LogP contribution in [0.25, 0.3) is 0 Å². The molecule has 0 bridgehead atoms. The van der Waals surface area contributed by atoms with Crippen LogP contribution in [0, 0.1) is 11.7 Å². The van der Waals surface area contributed by atoms with Crippen LogP contribution in [-0.4, -0.2) is 18.4 Å². The van der Waals surface area contributed by atoms with Crippen molar-refractivity contribution in [1.82, 2.24) is 0 Å². The molecule has 1 saturated carbocycles.